The molecule has 0 unspecified atom stereocenters. The summed E-state index contributed by atoms with van der Waals surface area (Å²) in [4.78, 5) is 11.7. The van der Waals surface area contributed by atoms with Crippen molar-refractivity contribution in [3.05, 3.63) is 46.5 Å². The molecule has 0 saturated carbocycles. The molecule has 1 aromatic carbocycles. The van der Waals surface area contributed by atoms with Crippen LogP contribution in [-0.4, -0.2) is 0 Å². The fraction of sp³-hybridized carbons (Fsp3) is 0.267. The normalized spacial score (nSPS) is 12.4. The van der Waals surface area contributed by atoms with Gasteiger partial charge < -0.3 is 4.42 Å². The quantitative estimate of drug-likeness (QED) is 0.601. The van der Waals surface area contributed by atoms with Crippen molar-refractivity contribution in [3.8, 4) is 0 Å². The number of fused-ring (bicyclic) bond motifs is 3. The second-order valence-electron chi connectivity index (χ2n) is 5.49. The van der Waals surface area contributed by atoms with Gasteiger partial charge in [0.15, 0.2) is 0 Å². The van der Waals surface area contributed by atoms with Crippen LogP contribution in [0.2, 0.25) is 0 Å². The van der Waals surface area contributed by atoms with Crippen molar-refractivity contribution in [3.63, 3.8) is 0 Å². The standard InChI is InChI=1S/C15H14O2S/c1-15(2,3)14-13-10(8-12(16)17-14)9-6-4-5-7-11(9)18-13/h4-8H,1-3H3. The minimum Gasteiger partial charge on any atom is -0.426 e. The van der Waals surface area contributed by atoms with Gasteiger partial charge in [0.05, 0.1) is 4.70 Å². The average molecular weight is 258 g/mol. The number of benzene rings is 1. The Labute approximate surface area is 109 Å². The molecule has 0 bridgehead atoms. The third-order valence-electron chi connectivity index (χ3n) is 2.99. The van der Waals surface area contributed by atoms with Crippen molar-refractivity contribution >= 4 is 31.5 Å². The Bertz CT molecular complexity index is 787. The van der Waals surface area contributed by atoms with E-state index in [2.05, 4.69) is 32.9 Å². The molecule has 2 nitrogen and oxygen atoms in total. The van der Waals surface area contributed by atoms with Gasteiger partial charge in [-0.25, -0.2) is 4.79 Å². The molecule has 2 heterocycles. The zero-order valence-corrected chi connectivity index (χ0v) is 11.4. The molecule has 0 spiro atoms. The molecule has 2 aromatic heterocycles. The van der Waals surface area contributed by atoms with Gasteiger partial charge in [0, 0.05) is 27.0 Å². The highest BCUT2D eigenvalue weighted by atomic mass is 32.1. The van der Waals surface area contributed by atoms with E-state index in [4.69, 9.17) is 4.42 Å². The van der Waals surface area contributed by atoms with Crippen LogP contribution in [0.15, 0.2) is 39.5 Å². The van der Waals surface area contributed by atoms with Crippen molar-refractivity contribution in [2.24, 2.45) is 0 Å². The summed E-state index contributed by atoms with van der Waals surface area (Å²) in [5, 5.41) is 2.15. The molecule has 0 amide bonds. The first-order chi connectivity index (χ1) is 8.47. The Morgan fingerprint density at radius 3 is 2.56 bits per heavy atom. The lowest BCUT2D eigenvalue weighted by Gasteiger charge is -2.16. The predicted molar refractivity (Wildman–Crippen MR) is 76.6 cm³/mol. The van der Waals surface area contributed by atoms with Crippen molar-refractivity contribution in [2.75, 3.05) is 0 Å². The molecule has 0 N–H and O–H groups in total. The van der Waals surface area contributed by atoms with E-state index < -0.39 is 0 Å². The van der Waals surface area contributed by atoms with E-state index in [1.165, 1.54) is 4.70 Å². The molecule has 92 valence electrons. The summed E-state index contributed by atoms with van der Waals surface area (Å²) in [6.45, 7) is 6.19. The minimum absolute atomic E-state index is 0.167. The third kappa shape index (κ3) is 1.66. The highest BCUT2D eigenvalue weighted by molar-refractivity contribution is 7.26. The molecule has 0 aliphatic rings. The van der Waals surface area contributed by atoms with E-state index >= 15 is 0 Å². The van der Waals surface area contributed by atoms with Crippen LogP contribution in [0, 0.1) is 0 Å². The zero-order chi connectivity index (χ0) is 12.9. The Morgan fingerprint density at radius 1 is 1.11 bits per heavy atom. The van der Waals surface area contributed by atoms with Gasteiger partial charge in [-0.15, -0.1) is 11.3 Å². The van der Waals surface area contributed by atoms with E-state index in [0.717, 1.165) is 21.2 Å². The van der Waals surface area contributed by atoms with Gasteiger partial charge in [0.25, 0.3) is 0 Å². The topological polar surface area (TPSA) is 30.2 Å². The number of thiophene rings is 1. The summed E-state index contributed by atoms with van der Waals surface area (Å²) >= 11 is 1.69. The van der Waals surface area contributed by atoms with Gasteiger partial charge >= 0.3 is 5.63 Å². The maximum atomic E-state index is 11.7. The lowest BCUT2D eigenvalue weighted by molar-refractivity contribution is 0.386. The second kappa shape index (κ2) is 3.69. The Balaban J connectivity index is 2.55. The zero-order valence-electron chi connectivity index (χ0n) is 10.6. The predicted octanol–water partition coefficient (Wildman–Crippen LogP) is 4.31. The molecular weight excluding hydrogens is 244 g/mol. The van der Waals surface area contributed by atoms with Crippen molar-refractivity contribution in [1.82, 2.24) is 0 Å². The molecule has 3 rings (SSSR count). The maximum absolute atomic E-state index is 11.7. The van der Waals surface area contributed by atoms with Gasteiger partial charge in [0.1, 0.15) is 5.76 Å². The van der Waals surface area contributed by atoms with Gasteiger partial charge in [-0.3, -0.25) is 0 Å². The maximum Gasteiger partial charge on any atom is 0.336 e. The van der Waals surface area contributed by atoms with Crippen LogP contribution in [0.25, 0.3) is 20.2 Å². The van der Waals surface area contributed by atoms with Gasteiger partial charge in [0.2, 0.25) is 0 Å². The average Bonchev–Trinajstić information content (AvgIpc) is 2.65. The van der Waals surface area contributed by atoms with E-state index in [-0.39, 0.29) is 11.0 Å². The highest BCUT2D eigenvalue weighted by Gasteiger charge is 2.23. The summed E-state index contributed by atoms with van der Waals surface area (Å²) in [5.74, 6) is 0.784. The van der Waals surface area contributed by atoms with Crippen LogP contribution in [0.4, 0.5) is 0 Å². The van der Waals surface area contributed by atoms with E-state index in [1.807, 2.05) is 12.1 Å². The molecule has 0 radical (unpaired) electrons. The summed E-state index contributed by atoms with van der Waals surface area (Å²) in [7, 11) is 0. The molecule has 0 atom stereocenters. The van der Waals surface area contributed by atoms with Gasteiger partial charge in [-0.2, -0.15) is 0 Å². The van der Waals surface area contributed by atoms with Crippen LogP contribution in [0.5, 0.6) is 0 Å². The number of hydrogen-bond acceptors (Lipinski definition) is 3. The Morgan fingerprint density at radius 2 is 1.83 bits per heavy atom. The first-order valence-electron chi connectivity index (χ1n) is 5.93. The summed E-state index contributed by atoms with van der Waals surface area (Å²) in [6.07, 6.45) is 0. The molecule has 3 heteroatoms. The van der Waals surface area contributed by atoms with Crippen molar-refractivity contribution in [2.45, 2.75) is 26.2 Å². The van der Waals surface area contributed by atoms with E-state index in [9.17, 15) is 4.79 Å². The van der Waals surface area contributed by atoms with Gasteiger partial charge in [-0.05, 0) is 6.07 Å². The monoisotopic (exact) mass is 258 g/mol. The van der Waals surface area contributed by atoms with Crippen molar-refractivity contribution < 1.29 is 4.42 Å². The van der Waals surface area contributed by atoms with E-state index in [1.54, 1.807) is 17.4 Å². The first kappa shape index (κ1) is 11.5. The Hall–Kier alpha value is -1.61. The molecule has 18 heavy (non-hydrogen) atoms. The lowest BCUT2D eigenvalue weighted by Crippen LogP contribution is -2.14. The Kier molecular flexibility index (Phi) is 2.35. The molecule has 0 aliphatic heterocycles. The molecule has 3 aromatic rings. The highest BCUT2D eigenvalue weighted by Crippen LogP contribution is 2.38. The van der Waals surface area contributed by atoms with Crippen LogP contribution in [0.1, 0.15) is 26.5 Å². The molecule has 0 fully saturated rings. The van der Waals surface area contributed by atoms with Crippen LogP contribution >= 0.6 is 11.3 Å². The molecule has 0 aliphatic carbocycles. The summed E-state index contributed by atoms with van der Waals surface area (Å²) in [6, 6.07) is 9.75. The van der Waals surface area contributed by atoms with Crippen LogP contribution in [-0.2, 0) is 5.41 Å². The van der Waals surface area contributed by atoms with Crippen LogP contribution < -0.4 is 5.63 Å². The molecular formula is C15H14O2S. The van der Waals surface area contributed by atoms with Crippen LogP contribution in [0.3, 0.4) is 0 Å². The number of hydrogen-bond donors (Lipinski definition) is 0. The lowest BCUT2D eigenvalue weighted by atomic mass is 9.92. The first-order valence-corrected chi connectivity index (χ1v) is 6.74. The fourth-order valence-corrected chi connectivity index (χ4v) is 3.54. The smallest absolute Gasteiger partial charge is 0.336 e. The largest absolute Gasteiger partial charge is 0.426 e. The summed E-state index contributed by atoms with van der Waals surface area (Å²) in [5.41, 5.74) is -0.435. The van der Waals surface area contributed by atoms with Crippen molar-refractivity contribution in [1.29, 1.82) is 0 Å². The minimum atomic E-state index is -0.268. The van der Waals surface area contributed by atoms with E-state index in [0.29, 0.717) is 0 Å². The fourth-order valence-electron chi connectivity index (χ4n) is 2.17. The second-order valence-corrected chi connectivity index (χ2v) is 6.54. The number of rotatable bonds is 0. The summed E-state index contributed by atoms with van der Waals surface area (Å²) < 4.78 is 7.72. The molecule has 0 saturated heterocycles. The third-order valence-corrected chi connectivity index (χ3v) is 4.17. The SMILES string of the molecule is CC(C)(C)c1oc(=O)cc2c1sc1ccccc12. The van der Waals surface area contributed by atoms with Gasteiger partial charge in [-0.1, -0.05) is 39.0 Å².